The maximum atomic E-state index is 4.60. The average molecular weight is 334 g/mol. The van der Waals surface area contributed by atoms with Gasteiger partial charge < -0.3 is 10.6 Å². The second-order valence-corrected chi connectivity index (χ2v) is 6.33. The lowest BCUT2D eigenvalue weighted by Crippen LogP contribution is -2.38. The maximum Gasteiger partial charge on any atom is 0.191 e. The standard InChI is InChI=1S/C16H26N6S/c1-3-14-13-20-15(23-14)7-10-19-16(17-4-2)18-8-5-11-22-12-6-9-21-22/h6,9,12-13H,3-5,7-8,10-11H2,1-2H3,(H2,17,18,19). The van der Waals surface area contributed by atoms with Crippen LogP contribution in [0.25, 0.3) is 0 Å². The number of thiazole rings is 1. The molecule has 0 aliphatic heterocycles. The maximum absolute atomic E-state index is 4.60. The van der Waals surface area contributed by atoms with Crippen LogP contribution >= 0.6 is 11.3 Å². The highest BCUT2D eigenvalue weighted by Gasteiger charge is 2.02. The lowest BCUT2D eigenvalue weighted by atomic mass is 10.4. The summed E-state index contributed by atoms with van der Waals surface area (Å²) >= 11 is 1.80. The van der Waals surface area contributed by atoms with E-state index in [1.807, 2.05) is 23.1 Å². The normalized spacial score (nSPS) is 11.7. The molecule has 0 unspecified atom stereocenters. The lowest BCUT2D eigenvalue weighted by molar-refractivity contribution is 0.584. The molecule has 126 valence electrons. The van der Waals surface area contributed by atoms with Gasteiger partial charge in [0.25, 0.3) is 0 Å². The van der Waals surface area contributed by atoms with Crippen LogP contribution in [0.15, 0.2) is 29.6 Å². The molecule has 23 heavy (non-hydrogen) atoms. The average Bonchev–Trinajstić information content (AvgIpc) is 3.23. The number of hydrogen-bond donors (Lipinski definition) is 2. The summed E-state index contributed by atoms with van der Waals surface area (Å²) in [5.41, 5.74) is 0. The molecule has 0 aromatic carbocycles. The van der Waals surface area contributed by atoms with Crippen molar-refractivity contribution < 1.29 is 0 Å². The van der Waals surface area contributed by atoms with Crippen molar-refractivity contribution in [2.45, 2.75) is 39.7 Å². The van der Waals surface area contributed by atoms with E-state index < -0.39 is 0 Å². The van der Waals surface area contributed by atoms with Crippen molar-refractivity contribution >= 4 is 17.3 Å². The van der Waals surface area contributed by atoms with Crippen molar-refractivity contribution in [2.24, 2.45) is 4.99 Å². The van der Waals surface area contributed by atoms with E-state index in [1.54, 1.807) is 17.5 Å². The highest BCUT2D eigenvalue weighted by atomic mass is 32.1. The number of aliphatic imine (C=N–C) groups is 1. The zero-order chi connectivity index (χ0) is 16.3. The Kier molecular flexibility index (Phi) is 7.59. The Balaban J connectivity index is 1.70. The predicted molar refractivity (Wildman–Crippen MR) is 96.0 cm³/mol. The monoisotopic (exact) mass is 334 g/mol. The number of rotatable bonds is 9. The van der Waals surface area contributed by atoms with Gasteiger partial charge in [-0.1, -0.05) is 6.92 Å². The van der Waals surface area contributed by atoms with E-state index in [-0.39, 0.29) is 0 Å². The van der Waals surface area contributed by atoms with Gasteiger partial charge in [0.05, 0.1) is 5.01 Å². The third kappa shape index (κ3) is 6.40. The molecule has 2 aromatic heterocycles. The van der Waals surface area contributed by atoms with E-state index in [4.69, 9.17) is 0 Å². The fourth-order valence-electron chi connectivity index (χ4n) is 2.11. The van der Waals surface area contributed by atoms with Crippen LogP contribution in [-0.2, 0) is 19.4 Å². The number of guanidine groups is 1. The van der Waals surface area contributed by atoms with Gasteiger partial charge in [0.2, 0.25) is 0 Å². The second-order valence-electron chi connectivity index (χ2n) is 5.13. The molecule has 0 saturated carbocycles. The van der Waals surface area contributed by atoms with Crippen LogP contribution in [0.2, 0.25) is 0 Å². The molecule has 0 spiro atoms. The van der Waals surface area contributed by atoms with Crippen LogP contribution < -0.4 is 10.6 Å². The SMILES string of the molecule is CCNC(=NCCCn1cccn1)NCCc1ncc(CC)s1. The van der Waals surface area contributed by atoms with Crippen molar-refractivity contribution in [2.75, 3.05) is 19.6 Å². The van der Waals surface area contributed by atoms with Gasteiger partial charge in [0.1, 0.15) is 0 Å². The van der Waals surface area contributed by atoms with Crippen LogP contribution in [-0.4, -0.2) is 40.4 Å². The number of aryl methyl sites for hydroxylation is 2. The van der Waals surface area contributed by atoms with Crippen LogP contribution in [0.1, 0.15) is 30.2 Å². The molecule has 0 aliphatic carbocycles. The molecule has 2 N–H and O–H groups in total. The largest absolute Gasteiger partial charge is 0.357 e. The lowest BCUT2D eigenvalue weighted by Gasteiger charge is -2.10. The third-order valence-corrected chi connectivity index (χ3v) is 4.50. The van der Waals surface area contributed by atoms with E-state index in [0.29, 0.717) is 0 Å². The minimum Gasteiger partial charge on any atom is -0.357 e. The zero-order valence-electron chi connectivity index (χ0n) is 14.0. The first kappa shape index (κ1) is 17.5. The molecular formula is C16H26N6S. The summed E-state index contributed by atoms with van der Waals surface area (Å²) in [5.74, 6) is 0.875. The van der Waals surface area contributed by atoms with Crippen molar-refractivity contribution in [3.63, 3.8) is 0 Å². The van der Waals surface area contributed by atoms with Gasteiger partial charge in [0, 0.05) is 56.1 Å². The minimum atomic E-state index is 0.784. The molecule has 0 atom stereocenters. The molecule has 7 heteroatoms. The molecule has 2 heterocycles. The molecule has 2 rings (SSSR count). The van der Waals surface area contributed by atoms with Crippen LogP contribution in [0.3, 0.4) is 0 Å². The first-order valence-electron chi connectivity index (χ1n) is 8.25. The number of nitrogens with zero attached hydrogens (tertiary/aromatic N) is 4. The third-order valence-electron chi connectivity index (χ3n) is 3.30. The van der Waals surface area contributed by atoms with Crippen LogP contribution in [0.5, 0.6) is 0 Å². The molecule has 6 nitrogen and oxygen atoms in total. The van der Waals surface area contributed by atoms with Gasteiger partial charge in [-0.15, -0.1) is 11.3 Å². The fourth-order valence-corrected chi connectivity index (χ4v) is 2.97. The quantitative estimate of drug-likeness (QED) is 0.419. The minimum absolute atomic E-state index is 0.784. The Morgan fingerprint density at radius 2 is 2.26 bits per heavy atom. The summed E-state index contributed by atoms with van der Waals surface area (Å²) < 4.78 is 1.93. The van der Waals surface area contributed by atoms with Gasteiger partial charge in [-0.05, 0) is 25.8 Å². The Morgan fingerprint density at radius 3 is 2.96 bits per heavy atom. The molecule has 0 bridgehead atoms. The summed E-state index contributed by atoms with van der Waals surface area (Å²) in [7, 11) is 0. The second kappa shape index (κ2) is 9.99. The Bertz CT molecular complexity index is 575. The summed E-state index contributed by atoms with van der Waals surface area (Å²) in [5, 5.41) is 12.0. The van der Waals surface area contributed by atoms with Crippen LogP contribution in [0, 0.1) is 0 Å². The Hall–Kier alpha value is -1.89. The number of hydrogen-bond acceptors (Lipinski definition) is 4. The van der Waals surface area contributed by atoms with Gasteiger partial charge in [-0.2, -0.15) is 5.10 Å². The predicted octanol–water partition coefficient (Wildman–Crippen LogP) is 2.09. The van der Waals surface area contributed by atoms with Crippen molar-refractivity contribution in [3.8, 4) is 0 Å². The molecule has 0 fully saturated rings. The van der Waals surface area contributed by atoms with Crippen LogP contribution in [0.4, 0.5) is 0 Å². The summed E-state index contributed by atoms with van der Waals surface area (Å²) in [6.45, 7) is 7.63. The highest BCUT2D eigenvalue weighted by molar-refractivity contribution is 7.11. The Morgan fingerprint density at radius 1 is 1.35 bits per heavy atom. The molecule has 2 aromatic rings. The first-order chi connectivity index (χ1) is 11.3. The van der Waals surface area contributed by atoms with Crippen molar-refractivity contribution in [1.82, 2.24) is 25.4 Å². The molecule has 0 aliphatic rings. The van der Waals surface area contributed by atoms with Crippen molar-refractivity contribution in [1.29, 1.82) is 0 Å². The van der Waals surface area contributed by atoms with Crippen molar-refractivity contribution in [3.05, 3.63) is 34.5 Å². The summed E-state index contributed by atoms with van der Waals surface area (Å²) in [4.78, 5) is 10.4. The summed E-state index contributed by atoms with van der Waals surface area (Å²) in [6, 6.07) is 1.94. The first-order valence-corrected chi connectivity index (χ1v) is 9.06. The number of aromatic nitrogens is 3. The molecular weight excluding hydrogens is 308 g/mol. The van der Waals surface area contributed by atoms with E-state index in [1.165, 1.54) is 9.88 Å². The molecule has 0 saturated heterocycles. The fraction of sp³-hybridized carbons (Fsp3) is 0.562. The highest BCUT2D eigenvalue weighted by Crippen LogP contribution is 2.13. The smallest absolute Gasteiger partial charge is 0.191 e. The topological polar surface area (TPSA) is 67.1 Å². The van der Waals surface area contributed by atoms with E-state index in [2.05, 4.69) is 39.6 Å². The summed E-state index contributed by atoms with van der Waals surface area (Å²) in [6.07, 6.45) is 8.73. The zero-order valence-corrected chi connectivity index (χ0v) is 14.8. The van der Waals surface area contributed by atoms with Gasteiger partial charge in [-0.25, -0.2) is 4.98 Å². The molecule has 0 radical (unpaired) electrons. The van der Waals surface area contributed by atoms with Gasteiger partial charge in [-0.3, -0.25) is 9.67 Å². The van der Waals surface area contributed by atoms with Gasteiger partial charge in [0.15, 0.2) is 5.96 Å². The van der Waals surface area contributed by atoms with E-state index in [0.717, 1.165) is 51.4 Å². The van der Waals surface area contributed by atoms with E-state index in [9.17, 15) is 0 Å². The Labute approximate surface area is 142 Å². The molecule has 0 amide bonds. The van der Waals surface area contributed by atoms with Gasteiger partial charge >= 0.3 is 0 Å². The number of nitrogens with one attached hydrogen (secondary N) is 2. The van der Waals surface area contributed by atoms with E-state index >= 15 is 0 Å².